The lowest BCUT2D eigenvalue weighted by Crippen LogP contribution is -2.10. The van der Waals surface area contributed by atoms with Gasteiger partial charge in [0.25, 0.3) is 0 Å². The van der Waals surface area contributed by atoms with Crippen LogP contribution in [0.15, 0.2) is 42.5 Å². The number of para-hydroxylation sites is 1. The molecule has 0 bridgehead atoms. The van der Waals surface area contributed by atoms with E-state index in [0.717, 1.165) is 0 Å². The highest BCUT2D eigenvalue weighted by Gasteiger charge is 2.22. The maximum absolute atomic E-state index is 12.2. The van der Waals surface area contributed by atoms with Crippen LogP contribution in [-0.2, 0) is 4.74 Å². The topological polar surface area (TPSA) is 72.8 Å². The van der Waals surface area contributed by atoms with Crippen LogP contribution in [0.25, 0.3) is 11.1 Å². The molecule has 1 N–H and O–H groups in total. The van der Waals surface area contributed by atoms with Gasteiger partial charge in [-0.1, -0.05) is 24.3 Å². The summed E-state index contributed by atoms with van der Waals surface area (Å²) in [6, 6.07) is 11.5. The number of ether oxygens (including phenoxy) is 2. The molecule has 0 saturated heterocycles. The van der Waals surface area contributed by atoms with Gasteiger partial charge in [-0.15, -0.1) is 0 Å². The molecular formula is C17H16O5. The number of aromatic carboxylic acids is 1. The zero-order valence-electron chi connectivity index (χ0n) is 12.3. The molecule has 0 saturated carbocycles. The Morgan fingerprint density at radius 1 is 1.05 bits per heavy atom. The maximum atomic E-state index is 12.2. The number of carbonyl (C=O) groups is 2. The summed E-state index contributed by atoms with van der Waals surface area (Å²) < 4.78 is 10.3. The van der Waals surface area contributed by atoms with Crippen LogP contribution in [0.2, 0.25) is 0 Å². The Bertz CT molecular complexity index is 706. The molecule has 0 unspecified atom stereocenters. The van der Waals surface area contributed by atoms with Crippen molar-refractivity contribution >= 4 is 11.9 Å². The summed E-state index contributed by atoms with van der Waals surface area (Å²) in [6.45, 7) is 1.91. The Hall–Kier alpha value is -2.82. The first-order valence-electron chi connectivity index (χ1n) is 6.77. The Kier molecular flexibility index (Phi) is 4.78. The van der Waals surface area contributed by atoms with E-state index in [1.807, 2.05) is 0 Å². The second-order valence-electron chi connectivity index (χ2n) is 4.45. The number of carboxylic acid groups (broad SMARTS) is 1. The number of hydrogen-bond donors (Lipinski definition) is 1. The molecule has 22 heavy (non-hydrogen) atoms. The van der Waals surface area contributed by atoms with E-state index in [2.05, 4.69) is 0 Å². The largest absolute Gasteiger partial charge is 0.496 e. The van der Waals surface area contributed by atoms with Crippen molar-refractivity contribution in [2.75, 3.05) is 13.7 Å². The van der Waals surface area contributed by atoms with Crippen LogP contribution < -0.4 is 4.74 Å². The summed E-state index contributed by atoms with van der Waals surface area (Å²) in [6.07, 6.45) is 0. The molecule has 5 heteroatoms. The quantitative estimate of drug-likeness (QED) is 0.858. The average molecular weight is 300 g/mol. The van der Waals surface area contributed by atoms with Gasteiger partial charge in [0.2, 0.25) is 0 Å². The van der Waals surface area contributed by atoms with Gasteiger partial charge in [0.05, 0.1) is 24.8 Å². The first-order valence-corrected chi connectivity index (χ1v) is 6.77. The lowest BCUT2D eigenvalue weighted by Gasteiger charge is -2.14. The molecule has 0 aromatic heterocycles. The number of methoxy groups -OCH3 is 1. The van der Waals surface area contributed by atoms with Crippen molar-refractivity contribution in [3.8, 4) is 16.9 Å². The summed E-state index contributed by atoms with van der Waals surface area (Å²) in [5.41, 5.74) is 1.05. The first-order chi connectivity index (χ1) is 10.6. The Labute approximate surface area is 128 Å². The third kappa shape index (κ3) is 2.93. The van der Waals surface area contributed by atoms with Crippen molar-refractivity contribution in [2.24, 2.45) is 0 Å². The van der Waals surface area contributed by atoms with E-state index in [0.29, 0.717) is 16.9 Å². The molecule has 0 atom stereocenters. The predicted octanol–water partition coefficient (Wildman–Crippen LogP) is 3.24. The van der Waals surface area contributed by atoms with Crippen LogP contribution in [-0.4, -0.2) is 30.8 Å². The second-order valence-corrected chi connectivity index (χ2v) is 4.45. The highest BCUT2D eigenvalue weighted by atomic mass is 16.5. The Balaban J connectivity index is 2.75. The van der Waals surface area contributed by atoms with E-state index in [-0.39, 0.29) is 17.7 Å². The summed E-state index contributed by atoms with van der Waals surface area (Å²) in [5.74, 6) is -1.19. The molecule has 0 radical (unpaired) electrons. The number of hydrogen-bond acceptors (Lipinski definition) is 4. The number of esters is 1. The molecule has 0 heterocycles. The first kappa shape index (κ1) is 15.6. The van der Waals surface area contributed by atoms with Crippen molar-refractivity contribution < 1.29 is 24.2 Å². The van der Waals surface area contributed by atoms with E-state index in [1.165, 1.54) is 19.2 Å². The van der Waals surface area contributed by atoms with Crippen LogP contribution in [0.5, 0.6) is 5.75 Å². The van der Waals surface area contributed by atoms with Crippen molar-refractivity contribution in [1.29, 1.82) is 0 Å². The third-order valence-electron chi connectivity index (χ3n) is 3.17. The average Bonchev–Trinajstić information content (AvgIpc) is 2.54. The van der Waals surface area contributed by atoms with Gasteiger partial charge in [0, 0.05) is 11.1 Å². The molecule has 0 amide bonds. The smallest absolute Gasteiger partial charge is 0.338 e. The minimum Gasteiger partial charge on any atom is -0.496 e. The normalized spacial score (nSPS) is 10.1. The molecule has 0 aliphatic carbocycles. The predicted molar refractivity (Wildman–Crippen MR) is 81.3 cm³/mol. The molecule has 5 nitrogen and oxygen atoms in total. The van der Waals surface area contributed by atoms with Crippen molar-refractivity contribution in [1.82, 2.24) is 0 Å². The van der Waals surface area contributed by atoms with E-state index in [9.17, 15) is 14.7 Å². The molecule has 0 spiro atoms. The van der Waals surface area contributed by atoms with Crippen molar-refractivity contribution in [3.63, 3.8) is 0 Å². The molecule has 0 fully saturated rings. The van der Waals surface area contributed by atoms with E-state index < -0.39 is 11.9 Å². The minimum absolute atomic E-state index is 0.0232. The SMILES string of the molecule is CCOC(=O)c1cccc(C(=O)O)c1-c1ccccc1OC. The van der Waals surface area contributed by atoms with Crippen LogP contribution in [0.3, 0.4) is 0 Å². The van der Waals surface area contributed by atoms with Gasteiger partial charge < -0.3 is 14.6 Å². The van der Waals surface area contributed by atoms with Gasteiger partial charge in [-0.25, -0.2) is 9.59 Å². The summed E-state index contributed by atoms with van der Waals surface area (Å²) >= 11 is 0. The number of carbonyl (C=O) groups excluding carboxylic acids is 1. The fourth-order valence-corrected chi connectivity index (χ4v) is 2.25. The Morgan fingerprint density at radius 2 is 1.73 bits per heavy atom. The van der Waals surface area contributed by atoms with Crippen molar-refractivity contribution in [3.05, 3.63) is 53.6 Å². The molecule has 2 rings (SSSR count). The van der Waals surface area contributed by atoms with Gasteiger partial charge in [-0.3, -0.25) is 0 Å². The molecule has 2 aromatic carbocycles. The minimum atomic E-state index is -1.12. The lowest BCUT2D eigenvalue weighted by atomic mass is 9.93. The summed E-state index contributed by atoms with van der Waals surface area (Å²) in [4.78, 5) is 23.7. The molecule has 2 aromatic rings. The molecular weight excluding hydrogens is 284 g/mol. The monoisotopic (exact) mass is 300 g/mol. The Morgan fingerprint density at radius 3 is 2.36 bits per heavy atom. The van der Waals surface area contributed by atoms with E-state index >= 15 is 0 Å². The van der Waals surface area contributed by atoms with Gasteiger partial charge >= 0.3 is 11.9 Å². The van der Waals surface area contributed by atoms with Crippen LogP contribution in [0, 0.1) is 0 Å². The highest BCUT2D eigenvalue weighted by molar-refractivity contribution is 6.06. The molecule has 0 aliphatic heterocycles. The lowest BCUT2D eigenvalue weighted by molar-refractivity contribution is 0.0527. The van der Waals surface area contributed by atoms with Gasteiger partial charge in [0.1, 0.15) is 5.75 Å². The zero-order valence-corrected chi connectivity index (χ0v) is 12.3. The summed E-state index contributed by atoms with van der Waals surface area (Å²) in [7, 11) is 1.49. The fourth-order valence-electron chi connectivity index (χ4n) is 2.25. The van der Waals surface area contributed by atoms with Gasteiger partial charge in [-0.2, -0.15) is 0 Å². The summed E-state index contributed by atoms with van der Waals surface area (Å²) in [5, 5.41) is 9.43. The van der Waals surface area contributed by atoms with E-state index in [1.54, 1.807) is 37.3 Å². The number of rotatable bonds is 5. The highest BCUT2D eigenvalue weighted by Crippen LogP contribution is 2.35. The standard InChI is InChI=1S/C17H16O5/c1-3-22-17(20)13-9-6-8-12(16(18)19)15(13)11-7-4-5-10-14(11)21-2/h4-10H,3H2,1-2H3,(H,18,19). The van der Waals surface area contributed by atoms with Crippen LogP contribution in [0.4, 0.5) is 0 Å². The second kappa shape index (κ2) is 6.76. The zero-order chi connectivity index (χ0) is 16.1. The molecule has 114 valence electrons. The number of carboxylic acids is 1. The van der Waals surface area contributed by atoms with Crippen LogP contribution >= 0.6 is 0 Å². The van der Waals surface area contributed by atoms with Gasteiger partial charge in [0.15, 0.2) is 0 Å². The van der Waals surface area contributed by atoms with Gasteiger partial charge in [-0.05, 0) is 25.1 Å². The van der Waals surface area contributed by atoms with Crippen molar-refractivity contribution in [2.45, 2.75) is 6.92 Å². The molecule has 0 aliphatic rings. The maximum Gasteiger partial charge on any atom is 0.338 e. The van der Waals surface area contributed by atoms with E-state index in [4.69, 9.17) is 9.47 Å². The third-order valence-corrected chi connectivity index (χ3v) is 3.17. The number of benzene rings is 2. The van der Waals surface area contributed by atoms with Crippen LogP contribution in [0.1, 0.15) is 27.6 Å². The fraction of sp³-hybridized carbons (Fsp3) is 0.176.